The third-order valence-corrected chi connectivity index (χ3v) is 2.88. The first-order chi connectivity index (χ1) is 8.60. The van der Waals surface area contributed by atoms with E-state index in [2.05, 4.69) is 15.9 Å². The largest absolute Gasteiger partial charge is 0.395 e. The lowest BCUT2D eigenvalue weighted by Crippen LogP contribution is -2.36. The molecule has 0 bridgehead atoms. The molecule has 0 heterocycles. The summed E-state index contributed by atoms with van der Waals surface area (Å²) < 4.78 is 19.1. The Hall–Kier alpha value is -0.980. The summed E-state index contributed by atoms with van der Waals surface area (Å²) in [5.74, 6) is -1.04. The number of halogens is 2. The Bertz CT molecular complexity index is 414. The maximum atomic E-state index is 13.7. The third-order valence-electron chi connectivity index (χ3n) is 2.38. The average molecular weight is 320 g/mol. The Morgan fingerprint density at radius 1 is 1.50 bits per heavy atom. The van der Waals surface area contributed by atoms with Gasteiger partial charge in [-0.05, 0) is 18.2 Å². The van der Waals surface area contributed by atoms with Crippen LogP contribution in [0.15, 0.2) is 22.7 Å². The normalized spacial score (nSPS) is 10.4. The van der Waals surface area contributed by atoms with Gasteiger partial charge in [-0.2, -0.15) is 0 Å². The second kappa shape index (κ2) is 7.45. The number of methoxy groups -OCH3 is 1. The number of aliphatic hydroxyl groups is 1. The fraction of sp³-hybridized carbons (Fsp3) is 0.417. The Labute approximate surface area is 113 Å². The van der Waals surface area contributed by atoms with E-state index in [1.54, 1.807) is 6.07 Å². The predicted molar refractivity (Wildman–Crippen MR) is 69.0 cm³/mol. The second-order valence-electron chi connectivity index (χ2n) is 3.63. The van der Waals surface area contributed by atoms with Gasteiger partial charge in [-0.3, -0.25) is 4.79 Å². The molecule has 100 valence electrons. The van der Waals surface area contributed by atoms with Crippen LogP contribution in [0.1, 0.15) is 10.4 Å². The molecular weight excluding hydrogens is 305 g/mol. The molecule has 18 heavy (non-hydrogen) atoms. The van der Waals surface area contributed by atoms with Gasteiger partial charge in [0.15, 0.2) is 0 Å². The summed E-state index contributed by atoms with van der Waals surface area (Å²) in [6.07, 6.45) is 0. The van der Waals surface area contributed by atoms with Crippen molar-refractivity contribution in [2.24, 2.45) is 0 Å². The molecule has 0 saturated heterocycles. The molecule has 4 nitrogen and oxygen atoms in total. The van der Waals surface area contributed by atoms with Gasteiger partial charge in [0.25, 0.3) is 5.91 Å². The zero-order valence-corrected chi connectivity index (χ0v) is 11.6. The van der Waals surface area contributed by atoms with Gasteiger partial charge in [0.05, 0.1) is 18.8 Å². The Morgan fingerprint density at radius 2 is 2.22 bits per heavy atom. The first kappa shape index (κ1) is 15.1. The van der Waals surface area contributed by atoms with Crippen molar-refractivity contribution in [1.29, 1.82) is 0 Å². The average Bonchev–Trinajstić information content (AvgIpc) is 2.33. The minimum atomic E-state index is -0.588. The standard InChI is InChI=1S/C12H15BrFNO3/c1-18-7-5-15(4-6-16)12(17)10-3-2-9(13)8-11(10)14/h2-3,8,16H,4-7H2,1H3. The van der Waals surface area contributed by atoms with Crippen LogP contribution in [0.25, 0.3) is 0 Å². The van der Waals surface area contributed by atoms with E-state index in [9.17, 15) is 9.18 Å². The van der Waals surface area contributed by atoms with Crippen molar-refractivity contribution in [1.82, 2.24) is 4.90 Å². The molecule has 0 spiro atoms. The van der Waals surface area contributed by atoms with Crippen molar-refractivity contribution in [3.63, 3.8) is 0 Å². The van der Waals surface area contributed by atoms with Crippen molar-refractivity contribution < 1.29 is 19.0 Å². The Balaban J connectivity index is 2.87. The molecule has 0 aromatic heterocycles. The number of aliphatic hydroxyl groups excluding tert-OH is 1. The van der Waals surface area contributed by atoms with Crippen molar-refractivity contribution in [2.75, 3.05) is 33.4 Å². The fourth-order valence-corrected chi connectivity index (χ4v) is 1.80. The lowest BCUT2D eigenvalue weighted by atomic mass is 10.2. The molecule has 1 aromatic rings. The topological polar surface area (TPSA) is 49.8 Å². The highest BCUT2D eigenvalue weighted by Crippen LogP contribution is 2.16. The van der Waals surface area contributed by atoms with Crippen LogP contribution in [0.3, 0.4) is 0 Å². The van der Waals surface area contributed by atoms with Gasteiger partial charge in [-0.15, -0.1) is 0 Å². The van der Waals surface area contributed by atoms with Crippen LogP contribution in [-0.2, 0) is 4.74 Å². The van der Waals surface area contributed by atoms with E-state index in [-0.39, 0.29) is 18.7 Å². The zero-order valence-electron chi connectivity index (χ0n) is 10.0. The molecule has 1 N–H and O–H groups in total. The van der Waals surface area contributed by atoms with Gasteiger partial charge in [0, 0.05) is 24.7 Å². The minimum absolute atomic E-state index is 0.0113. The number of hydrogen-bond donors (Lipinski definition) is 1. The van der Waals surface area contributed by atoms with Crippen molar-refractivity contribution in [3.05, 3.63) is 34.1 Å². The van der Waals surface area contributed by atoms with Crippen LogP contribution in [0.4, 0.5) is 4.39 Å². The second-order valence-corrected chi connectivity index (χ2v) is 4.55. The van der Waals surface area contributed by atoms with Gasteiger partial charge >= 0.3 is 0 Å². The number of amides is 1. The molecule has 0 fully saturated rings. The van der Waals surface area contributed by atoms with Crippen LogP contribution in [0, 0.1) is 5.82 Å². The van der Waals surface area contributed by atoms with Gasteiger partial charge in [-0.1, -0.05) is 15.9 Å². The number of ether oxygens (including phenoxy) is 1. The highest BCUT2D eigenvalue weighted by Gasteiger charge is 2.18. The molecular formula is C12H15BrFNO3. The fourth-order valence-electron chi connectivity index (χ4n) is 1.47. The van der Waals surface area contributed by atoms with Crippen LogP contribution >= 0.6 is 15.9 Å². The smallest absolute Gasteiger partial charge is 0.256 e. The van der Waals surface area contributed by atoms with Gasteiger partial charge < -0.3 is 14.7 Å². The van der Waals surface area contributed by atoms with E-state index in [0.29, 0.717) is 17.6 Å². The lowest BCUT2D eigenvalue weighted by Gasteiger charge is -2.21. The monoisotopic (exact) mass is 319 g/mol. The highest BCUT2D eigenvalue weighted by molar-refractivity contribution is 9.10. The van der Waals surface area contributed by atoms with E-state index in [1.165, 1.54) is 24.1 Å². The first-order valence-corrected chi connectivity index (χ1v) is 6.23. The molecule has 1 aromatic carbocycles. The number of nitrogens with zero attached hydrogens (tertiary/aromatic N) is 1. The molecule has 0 aliphatic rings. The SMILES string of the molecule is COCCN(CCO)C(=O)c1ccc(Br)cc1F. The van der Waals surface area contributed by atoms with Gasteiger partial charge in [0.2, 0.25) is 0 Å². The summed E-state index contributed by atoms with van der Waals surface area (Å²) in [7, 11) is 1.52. The molecule has 0 radical (unpaired) electrons. The van der Waals surface area contributed by atoms with Gasteiger partial charge in [-0.25, -0.2) is 4.39 Å². The summed E-state index contributed by atoms with van der Waals surface area (Å²) in [6, 6.07) is 4.25. The van der Waals surface area contributed by atoms with Crippen LogP contribution < -0.4 is 0 Å². The van der Waals surface area contributed by atoms with E-state index in [1.807, 2.05) is 0 Å². The maximum Gasteiger partial charge on any atom is 0.256 e. The van der Waals surface area contributed by atoms with Crippen LogP contribution in [0.2, 0.25) is 0 Å². The first-order valence-electron chi connectivity index (χ1n) is 5.44. The number of carbonyl (C=O) groups is 1. The highest BCUT2D eigenvalue weighted by atomic mass is 79.9. The lowest BCUT2D eigenvalue weighted by molar-refractivity contribution is 0.0652. The molecule has 0 aliphatic heterocycles. The van der Waals surface area contributed by atoms with E-state index >= 15 is 0 Å². The predicted octanol–water partition coefficient (Wildman–Crippen LogP) is 1.67. The van der Waals surface area contributed by atoms with E-state index in [0.717, 1.165) is 0 Å². The van der Waals surface area contributed by atoms with Crippen LogP contribution in [-0.4, -0.2) is 49.3 Å². The summed E-state index contributed by atoms with van der Waals surface area (Å²) in [5.41, 5.74) is -0.0113. The molecule has 0 aliphatic carbocycles. The Morgan fingerprint density at radius 3 is 2.78 bits per heavy atom. The Kier molecular flexibility index (Phi) is 6.24. The number of carbonyl (C=O) groups excluding carboxylic acids is 1. The van der Waals surface area contributed by atoms with Crippen LogP contribution in [0.5, 0.6) is 0 Å². The molecule has 6 heteroatoms. The van der Waals surface area contributed by atoms with Crippen molar-refractivity contribution in [2.45, 2.75) is 0 Å². The number of benzene rings is 1. The summed E-state index contributed by atoms with van der Waals surface area (Å²) in [6.45, 7) is 0.626. The molecule has 0 unspecified atom stereocenters. The van der Waals surface area contributed by atoms with E-state index < -0.39 is 11.7 Å². The van der Waals surface area contributed by atoms with E-state index in [4.69, 9.17) is 9.84 Å². The molecule has 0 atom stereocenters. The zero-order chi connectivity index (χ0) is 13.5. The summed E-state index contributed by atoms with van der Waals surface area (Å²) >= 11 is 3.13. The van der Waals surface area contributed by atoms with Gasteiger partial charge in [0.1, 0.15) is 5.82 Å². The quantitative estimate of drug-likeness (QED) is 0.867. The minimum Gasteiger partial charge on any atom is -0.395 e. The van der Waals surface area contributed by atoms with Crippen molar-refractivity contribution in [3.8, 4) is 0 Å². The number of hydrogen-bond acceptors (Lipinski definition) is 3. The molecule has 1 amide bonds. The summed E-state index contributed by atoms with van der Waals surface area (Å²) in [4.78, 5) is 13.4. The summed E-state index contributed by atoms with van der Waals surface area (Å²) in [5, 5.41) is 8.91. The molecule has 0 saturated carbocycles. The third kappa shape index (κ3) is 4.04. The molecule has 1 rings (SSSR count). The number of rotatable bonds is 6. The van der Waals surface area contributed by atoms with Crippen molar-refractivity contribution >= 4 is 21.8 Å². The maximum absolute atomic E-state index is 13.7.